The van der Waals surface area contributed by atoms with E-state index in [1.807, 2.05) is 0 Å². The minimum Gasteiger partial charge on any atom is -0.292 e. The van der Waals surface area contributed by atoms with Crippen LogP contribution in [0.5, 0.6) is 5.75 Å². The number of nitrogens with one attached hydrogen (secondary N) is 1. The van der Waals surface area contributed by atoms with Crippen molar-refractivity contribution in [1.82, 2.24) is 4.72 Å². The summed E-state index contributed by atoms with van der Waals surface area (Å²) in [6.45, 7) is -0.603. The molecule has 0 saturated carbocycles. The summed E-state index contributed by atoms with van der Waals surface area (Å²) in [7, 11) is -4.23. The van der Waals surface area contributed by atoms with Crippen LogP contribution in [0, 0.1) is 5.82 Å². The molecule has 0 radical (unpaired) electrons. The highest BCUT2D eigenvalue weighted by Gasteiger charge is 2.39. The molecule has 3 rings (SSSR count). The van der Waals surface area contributed by atoms with Crippen LogP contribution in [0.4, 0.5) is 14.6 Å². The highest BCUT2D eigenvalue weighted by Crippen LogP contribution is 2.40. The third-order valence-corrected chi connectivity index (χ3v) is 5.30. The van der Waals surface area contributed by atoms with E-state index in [0.717, 1.165) is 19.3 Å². The molecule has 1 aromatic rings. The second kappa shape index (κ2) is 5.38. The summed E-state index contributed by atoms with van der Waals surface area (Å²) in [5.41, 5.74) is 0.423. The third kappa shape index (κ3) is 2.39. The van der Waals surface area contributed by atoms with Gasteiger partial charge in [0, 0.05) is 4.53 Å². The maximum atomic E-state index is 14.8. The van der Waals surface area contributed by atoms with Crippen LogP contribution in [0.3, 0.4) is 0 Å². The van der Waals surface area contributed by atoms with Crippen LogP contribution in [0.1, 0.15) is 30.4 Å². The van der Waals surface area contributed by atoms with Gasteiger partial charge in [-0.1, -0.05) is 6.42 Å². The fourth-order valence-corrected chi connectivity index (χ4v) is 4.09. The van der Waals surface area contributed by atoms with Crippen molar-refractivity contribution in [1.29, 1.82) is 0 Å². The lowest BCUT2D eigenvalue weighted by atomic mass is 10.0. The second-order valence-electron chi connectivity index (χ2n) is 5.35. The van der Waals surface area contributed by atoms with E-state index in [0.29, 0.717) is 28.3 Å². The molecule has 22 heavy (non-hydrogen) atoms. The zero-order valence-electron chi connectivity index (χ0n) is 11.6. The van der Waals surface area contributed by atoms with Crippen LogP contribution in [-0.2, 0) is 27.8 Å². The molecule has 0 atom stereocenters. The summed E-state index contributed by atoms with van der Waals surface area (Å²) in [5, 5.41) is 0. The predicted octanol–water partition coefficient (Wildman–Crippen LogP) is 1.54. The number of carbonyl (C=O) groups is 1. The summed E-state index contributed by atoms with van der Waals surface area (Å²) in [4.78, 5) is 15.0. The number of aryl methyl sites for hydroxylation is 1. The minimum absolute atomic E-state index is 0.364. The minimum atomic E-state index is -4.23. The smallest absolute Gasteiger partial charge is 0.292 e. The first-order valence-corrected chi connectivity index (χ1v) is 8.34. The fraction of sp³-hybridized carbons (Fsp3) is 0.462. The first-order chi connectivity index (χ1) is 10.4. The van der Waals surface area contributed by atoms with Gasteiger partial charge in [-0.2, -0.15) is 8.42 Å². The molecule has 9 heteroatoms. The van der Waals surface area contributed by atoms with Gasteiger partial charge in [0.25, 0.3) is 5.91 Å². The normalized spacial score (nSPS) is 20.3. The van der Waals surface area contributed by atoms with Crippen LogP contribution in [0.25, 0.3) is 0 Å². The molecular weight excluding hydrogens is 318 g/mol. The van der Waals surface area contributed by atoms with Crippen molar-refractivity contribution in [3.05, 3.63) is 23.0 Å². The Labute approximate surface area is 126 Å². The number of nitrogens with zero attached hydrogens (tertiary/aromatic N) is 1. The molecule has 2 aliphatic rings. The van der Waals surface area contributed by atoms with Crippen molar-refractivity contribution in [3.63, 3.8) is 0 Å². The van der Waals surface area contributed by atoms with Crippen molar-refractivity contribution in [3.8, 4) is 5.75 Å². The number of fused-ring (bicyclic) bond motifs is 1. The molecule has 6 nitrogen and oxygen atoms in total. The van der Waals surface area contributed by atoms with E-state index in [4.69, 9.17) is 0 Å². The maximum absolute atomic E-state index is 14.8. The van der Waals surface area contributed by atoms with Gasteiger partial charge in [0.1, 0.15) is 12.2 Å². The standard InChI is InChI=1S/C13H14F2N2O4S/c14-12-9-5-3-1-2-4-8(9)6-10(21-15)13(12)17-7-11(18)16-22(17,19)20/h6H,1-5,7H2,(H,16,18). The molecule has 0 unspecified atom stereocenters. The topological polar surface area (TPSA) is 75.7 Å². The van der Waals surface area contributed by atoms with Gasteiger partial charge in [-0.25, -0.2) is 13.4 Å². The Hall–Kier alpha value is -1.90. The summed E-state index contributed by atoms with van der Waals surface area (Å²) in [5.74, 6) is -2.18. The molecule has 1 N–H and O–H groups in total. The quantitative estimate of drug-likeness (QED) is 0.834. The number of benzene rings is 1. The van der Waals surface area contributed by atoms with Gasteiger partial charge in [0.05, 0.1) is 0 Å². The average Bonchev–Trinajstić information content (AvgIpc) is 2.65. The first kappa shape index (κ1) is 15.0. The van der Waals surface area contributed by atoms with E-state index in [-0.39, 0.29) is 0 Å². The average molecular weight is 332 g/mol. The molecule has 1 aliphatic heterocycles. The van der Waals surface area contributed by atoms with Crippen molar-refractivity contribution < 1.29 is 27.1 Å². The number of hydrogen-bond donors (Lipinski definition) is 1. The largest absolute Gasteiger partial charge is 0.326 e. The maximum Gasteiger partial charge on any atom is 0.326 e. The lowest BCUT2D eigenvalue weighted by molar-refractivity contribution is -0.117. The zero-order valence-corrected chi connectivity index (χ0v) is 12.4. The van der Waals surface area contributed by atoms with Gasteiger partial charge >= 0.3 is 10.2 Å². The Morgan fingerprint density at radius 3 is 2.59 bits per heavy atom. The second-order valence-corrected chi connectivity index (χ2v) is 6.94. The van der Waals surface area contributed by atoms with E-state index in [9.17, 15) is 22.1 Å². The van der Waals surface area contributed by atoms with Crippen LogP contribution in [-0.4, -0.2) is 20.9 Å². The van der Waals surface area contributed by atoms with Crippen molar-refractivity contribution >= 4 is 21.8 Å². The molecule has 120 valence electrons. The molecule has 1 heterocycles. The first-order valence-electron chi connectivity index (χ1n) is 6.90. The molecule has 1 aromatic carbocycles. The number of amides is 1. The molecule has 0 aromatic heterocycles. The number of carbonyl (C=O) groups excluding carboxylic acids is 1. The zero-order chi connectivity index (χ0) is 15.9. The molecule has 1 amide bonds. The van der Waals surface area contributed by atoms with Gasteiger partial charge in [0.15, 0.2) is 11.6 Å². The summed E-state index contributed by atoms with van der Waals surface area (Å²) >= 11 is 0. The lowest BCUT2D eigenvalue weighted by Gasteiger charge is -2.20. The number of halogens is 2. The molecule has 0 spiro atoms. The summed E-state index contributed by atoms with van der Waals surface area (Å²) in [6, 6.07) is 1.32. The Balaban J connectivity index is 2.19. The lowest BCUT2D eigenvalue weighted by Crippen LogP contribution is -2.30. The predicted molar refractivity (Wildman–Crippen MR) is 73.8 cm³/mol. The molecule has 1 saturated heterocycles. The van der Waals surface area contributed by atoms with E-state index < -0.39 is 39.9 Å². The number of hydrogen-bond acceptors (Lipinski definition) is 4. The van der Waals surface area contributed by atoms with E-state index >= 15 is 0 Å². The van der Waals surface area contributed by atoms with Crippen LogP contribution in [0.15, 0.2) is 6.07 Å². The van der Waals surface area contributed by atoms with Gasteiger partial charge < -0.3 is 0 Å². The van der Waals surface area contributed by atoms with Gasteiger partial charge in [0.2, 0.25) is 0 Å². The third-order valence-electron chi connectivity index (χ3n) is 3.92. The van der Waals surface area contributed by atoms with Crippen molar-refractivity contribution in [2.45, 2.75) is 32.1 Å². The Morgan fingerprint density at radius 2 is 1.95 bits per heavy atom. The fourth-order valence-electron chi connectivity index (χ4n) is 2.93. The van der Waals surface area contributed by atoms with E-state index in [2.05, 4.69) is 4.94 Å². The van der Waals surface area contributed by atoms with Gasteiger partial charge in [-0.15, -0.1) is 0 Å². The molecular formula is C13H14F2N2O4S. The summed E-state index contributed by atoms with van der Waals surface area (Å²) in [6.07, 6.45) is 3.54. The Kier molecular flexibility index (Phi) is 3.67. The van der Waals surface area contributed by atoms with Crippen molar-refractivity contribution in [2.24, 2.45) is 0 Å². The van der Waals surface area contributed by atoms with Gasteiger partial charge in [-0.3, -0.25) is 9.74 Å². The highest BCUT2D eigenvalue weighted by molar-refractivity contribution is 7.92. The molecule has 1 fully saturated rings. The SMILES string of the molecule is O=C1CN(c2c(OF)cc3c(c2F)CCCCC3)S(=O)(=O)N1. The van der Waals surface area contributed by atoms with Crippen molar-refractivity contribution in [2.75, 3.05) is 10.8 Å². The Bertz CT molecular complexity index is 736. The van der Waals surface area contributed by atoms with Crippen LogP contribution >= 0.6 is 0 Å². The number of anilines is 1. The van der Waals surface area contributed by atoms with Crippen LogP contribution < -0.4 is 14.0 Å². The Morgan fingerprint density at radius 1 is 1.23 bits per heavy atom. The molecule has 0 bridgehead atoms. The highest BCUT2D eigenvalue weighted by atomic mass is 32.2. The molecule has 1 aliphatic carbocycles. The monoisotopic (exact) mass is 332 g/mol. The van der Waals surface area contributed by atoms with E-state index in [1.165, 1.54) is 6.07 Å². The van der Waals surface area contributed by atoms with Gasteiger partial charge in [-0.05, 0) is 42.9 Å². The number of rotatable bonds is 2. The summed E-state index contributed by atoms with van der Waals surface area (Å²) < 4.78 is 53.6. The van der Waals surface area contributed by atoms with Crippen LogP contribution in [0.2, 0.25) is 0 Å². The van der Waals surface area contributed by atoms with E-state index in [1.54, 1.807) is 4.72 Å².